The molecule has 0 fully saturated rings. The van der Waals surface area contributed by atoms with E-state index in [9.17, 15) is 4.79 Å². The van der Waals surface area contributed by atoms with Gasteiger partial charge >= 0.3 is 5.97 Å². The fraction of sp³-hybridized carbons (Fsp3) is 0.500. The summed E-state index contributed by atoms with van der Waals surface area (Å²) in [6.07, 6.45) is 0. The highest BCUT2D eigenvalue weighted by Gasteiger charge is 2.11. The molecule has 0 saturated carbocycles. The molecule has 0 atom stereocenters. The molecule has 1 aromatic rings. The smallest absolute Gasteiger partial charge is 0.345 e. The predicted octanol–water partition coefficient (Wildman–Crippen LogP) is 3.40. The van der Waals surface area contributed by atoms with Gasteiger partial charge in [0.25, 0.3) is 0 Å². The molecule has 0 saturated heterocycles. The zero-order valence-corrected chi connectivity index (χ0v) is 10.2. The van der Waals surface area contributed by atoms with Crippen LogP contribution in [0.1, 0.15) is 34.0 Å². The van der Waals surface area contributed by atoms with Crippen molar-refractivity contribution < 1.29 is 9.90 Å². The molecule has 0 amide bonds. The van der Waals surface area contributed by atoms with Gasteiger partial charge in [0.1, 0.15) is 4.88 Å². The van der Waals surface area contributed by atoms with Crippen molar-refractivity contribution >= 4 is 29.1 Å². The van der Waals surface area contributed by atoms with Crippen LogP contribution in [0.15, 0.2) is 6.07 Å². The van der Waals surface area contributed by atoms with Crippen molar-refractivity contribution in [1.82, 2.24) is 0 Å². The van der Waals surface area contributed by atoms with Gasteiger partial charge in [-0.05, 0) is 23.8 Å². The summed E-state index contributed by atoms with van der Waals surface area (Å²) in [5, 5.41) is 9.39. The number of carboxylic acids is 1. The fourth-order valence-corrected chi connectivity index (χ4v) is 2.81. The van der Waals surface area contributed by atoms with Gasteiger partial charge in [0.05, 0.1) is 0 Å². The molecule has 1 rings (SSSR count). The average molecular weight is 230 g/mol. The number of carboxylic acid groups (broad SMARTS) is 1. The van der Waals surface area contributed by atoms with E-state index >= 15 is 0 Å². The van der Waals surface area contributed by atoms with Crippen LogP contribution in [0.5, 0.6) is 0 Å². The third-order valence-electron chi connectivity index (χ3n) is 1.80. The van der Waals surface area contributed by atoms with Crippen molar-refractivity contribution in [2.24, 2.45) is 0 Å². The van der Waals surface area contributed by atoms with Crippen LogP contribution in [-0.4, -0.2) is 16.3 Å². The van der Waals surface area contributed by atoms with Gasteiger partial charge in [-0.25, -0.2) is 4.79 Å². The van der Waals surface area contributed by atoms with E-state index in [-0.39, 0.29) is 0 Å². The Kier molecular flexibility index (Phi) is 4.01. The zero-order valence-electron chi connectivity index (χ0n) is 8.53. The molecule has 1 heterocycles. The highest BCUT2D eigenvalue weighted by molar-refractivity contribution is 7.99. The van der Waals surface area contributed by atoms with Gasteiger partial charge in [0.15, 0.2) is 0 Å². The van der Waals surface area contributed by atoms with E-state index in [1.165, 1.54) is 11.3 Å². The van der Waals surface area contributed by atoms with Gasteiger partial charge in [0.2, 0.25) is 0 Å². The molecule has 0 aliphatic rings. The zero-order chi connectivity index (χ0) is 10.7. The van der Waals surface area contributed by atoms with E-state index < -0.39 is 5.97 Å². The van der Waals surface area contributed by atoms with Crippen LogP contribution in [0.25, 0.3) is 0 Å². The number of aromatic carboxylic acids is 1. The Morgan fingerprint density at radius 1 is 1.64 bits per heavy atom. The number of hydrogen-bond donors (Lipinski definition) is 1. The molecule has 0 unspecified atom stereocenters. The van der Waals surface area contributed by atoms with Crippen molar-refractivity contribution in [3.8, 4) is 0 Å². The van der Waals surface area contributed by atoms with Crippen molar-refractivity contribution in [2.45, 2.75) is 31.8 Å². The molecule has 1 aromatic heterocycles. The van der Waals surface area contributed by atoms with Gasteiger partial charge in [-0.1, -0.05) is 13.8 Å². The molecule has 0 bridgehead atoms. The summed E-state index contributed by atoms with van der Waals surface area (Å²) < 4.78 is 0. The van der Waals surface area contributed by atoms with E-state index in [2.05, 4.69) is 13.8 Å². The van der Waals surface area contributed by atoms with E-state index in [0.29, 0.717) is 10.1 Å². The quantitative estimate of drug-likeness (QED) is 0.861. The van der Waals surface area contributed by atoms with E-state index in [4.69, 9.17) is 5.11 Å². The number of rotatable bonds is 4. The van der Waals surface area contributed by atoms with Gasteiger partial charge in [-0.15, -0.1) is 11.3 Å². The summed E-state index contributed by atoms with van der Waals surface area (Å²) in [5.41, 5.74) is 1.16. The molecule has 0 radical (unpaired) electrons. The first kappa shape index (κ1) is 11.6. The Hall–Kier alpha value is -0.480. The molecule has 0 aromatic carbocycles. The van der Waals surface area contributed by atoms with Crippen molar-refractivity contribution in [3.63, 3.8) is 0 Å². The second-order valence-electron chi connectivity index (χ2n) is 3.36. The lowest BCUT2D eigenvalue weighted by Gasteiger charge is -2.03. The molecular formula is C10H14O2S2. The first-order chi connectivity index (χ1) is 6.50. The van der Waals surface area contributed by atoms with Gasteiger partial charge in [-0.3, -0.25) is 0 Å². The van der Waals surface area contributed by atoms with Crippen LogP contribution in [0, 0.1) is 6.92 Å². The average Bonchev–Trinajstić information content (AvgIpc) is 2.43. The lowest BCUT2D eigenvalue weighted by Crippen LogP contribution is -1.91. The second kappa shape index (κ2) is 4.84. The molecular weight excluding hydrogens is 216 g/mol. The minimum absolute atomic E-state index is 0.446. The summed E-state index contributed by atoms with van der Waals surface area (Å²) in [6.45, 7) is 6.27. The van der Waals surface area contributed by atoms with Crippen LogP contribution in [0.4, 0.5) is 0 Å². The van der Waals surface area contributed by atoms with Crippen LogP contribution in [0.2, 0.25) is 0 Å². The third kappa shape index (κ3) is 3.03. The standard InChI is InChI=1S/C10H14O2S2/c1-6(2)13-5-8-4-9(10(11)12)14-7(8)3/h4,6H,5H2,1-3H3,(H,11,12). The maximum Gasteiger partial charge on any atom is 0.345 e. The summed E-state index contributed by atoms with van der Waals surface area (Å²) in [5.74, 6) is 0.0895. The normalized spacial score (nSPS) is 10.9. The van der Waals surface area contributed by atoms with Crippen LogP contribution >= 0.6 is 23.1 Å². The first-order valence-corrected chi connectivity index (χ1v) is 6.31. The fourth-order valence-electron chi connectivity index (χ4n) is 1.02. The topological polar surface area (TPSA) is 37.3 Å². The molecule has 2 nitrogen and oxygen atoms in total. The Labute approximate surface area is 92.3 Å². The minimum Gasteiger partial charge on any atom is -0.477 e. The largest absolute Gasteiger partial charge is 0.477 e. The summed E-state index contributed by atoms with van der Waals surface area (Å²) in [6, 6.07) is 1.79. The minimum atomic E-state index is -0.820. The Morgan fingerprint density at radius 2 is 2.29 bits per heavy atom. The number of thiophene rings is 1. The molecule has 14 heavy (non-hydrogen) atoms. The maximum atomic E-state index is 10.7. The molecule has 0 spiro atoms. The molecule has 1 N–H and O–H groups in total. The van der Waals surface area contributed by atoms with E-state index in [1.807, 2.05) is 18.7 Å². The Morgan fingerprint density at radius 3 is 2.71 bits per heavy atom. The van der Waals surface area contributed by atoms with Crippen LogP contribution in [-0.2, 0) is 5.75 Å². The van der Waals surface area contributed by atoms with Gasteiger partial charge < -0.3 is 5.11 Å². The van der Waals surface area contributed by atoms with Crippen LogP contribution < -0.4 is 0 Å². The number of hydrogen-bond acceptors (Lipinski definition) is 3. The summed E-state index contributed by atoms with van der Waals surface area (Å²) >= 11 is 3.20. The highest BCUT2D eigenvalue weighted by atomic mass is 32.2. The SMILES string of the molecule is Cc1sc(C(=O)O)cc1CSC(C)C. The van der Waals surface area contributed by atoms with Gasteiger partial charge in [0, 0.05) is 10.6 Å². The molecule has 78 valence electrons. The first-order valence-electron chi connectivity index (χ1n) is 4.45. The van der Waals surface area contributed by atoms with Crippen molar-refractivity contribution in [2.75, 3.05) is 0 Å². The number of carbonyl (C=O) groups is 1. The molecule has 0 aliphatic heterocycles. The van der Waals surface area contributed by atoms with E-state index in [1.54, 1.807) is 6.07 Å². The monoisotopic (exact) mass is 230 g/mol. The summed E-state index contributed by atoms with van der Waals surface area (Å²) in [4.78, 5) is 12.3. The predicted molar refractivity (Wildman–Crippen MR) is 62.4 cm³/mol. The Balaban J connectivity index is 2.72. The Bertz CT molecular complexity index is 329. The van der Waals surface area contributed by atoms with Crippen molar-refractivity contribution in [1.29, 1.82) is 0 Å². The van der Waals surface area contributed by atoms with Crippen molar-refractivity contribution in [3.05, 3.63) is 21.4 Å². The van der Waals surface area contributed by atoms with E-state index in [0.717, 1.165) is 16.2 Å². The highest BCUT2D eigenvalue weighted by Crippen LogP contribution is 2.26. The number of thioether (sulfide) groups is 1. The summed E-state index contributed by atoms with van der Waals surface area (Å²) in [7, 11) is 0. The number of aryl methyl sites for hydroxylation is 1. The lowest BCUT2D eigenvalue weighted by atomic mass is 10.3. The van der Waals surface area contributed by atoms with Gasteiger partial charge in [-0.2, -0.15) is 11.8 Å². The molecule has 4 heteroatoms. The van der Waals surface area contributed by atoms with Crippen LogP contribution in [0.3, 0.4) is 0 Å². The third-order valence-corrected chi connectivity index (χ3v) is 4.03. The lowest BCUT2D eigenvalue weighted by molar-refractivity contribution is 0.0702. The molecule has 0 aliphatic carbocycles. The second-order valence-corrected chi connectivity index (χ2v) is 6.18. The maximum absolute atomic E-state index is 10.7.